The van der Waals surface area contributed by atoms with Crippen LogP contribution in [0.15, 0.2) is 11.5 Å². The van der Waals surface area contributed by atoms with Crippen LogP contribution in [0.2, 0.25) is 0 Å². The monoisotopic (exact) mass is 266 g/mol. The van der Waals surface area contributed by atoms with Crippen molar-refractivity contribution in [3.63, 3.8) is 0 Å². The second-order valence-corrected chi connectivity index (χ2v) is 6.69. The largest absolute Gasteiger partial charge is 0.490 e. The molecule has 1 spiro atoms. The van der Waals surface area contributed by atoms with Gasteiger partial charge in [0.2, 0.25) is 0 Å². The third kappa shape index (κ3) is 2.27. The van der Waals surface area contributed by atoms with Gasteiger partial charge in [0, 0.05) is 12.8 Å². The van der Waals surface area contributed by atoms with E-state index in [0.29, 0.717) is 13.2 Å². The summed E-state index contributed by atoms with van der Waals surface area (Å²) < 4.78 is 23.8. The fourth-order valence-corrected chi connectivity index (χ4v) is 2.87. The Morgan fingerprint density at radius 3 is 2.16 bits per heavy atom. The Kier molecular flexibility index (Phi) is 3.10. The molecular weight excluding hydrogens is 243 g/mol. The quantitative estimate of drug-likeness (QED) is 0.683. The van der Waals surface area contributed by atoms with Crippen molar-refractivity contribution in [1.82, 2.24) is 0 Å². The molecule has 5 heteroatoms. The molecule has 2 saturated heterocycles. The average molecular weight is 266 g/mol. The molecule has 2 heterocycles. The maximum Gasteiger partial charge on any atom is 0.490 e. The Hall–Kier alpha value is -0.355. The first kappa shape index (κ1) is 13.6. The molecule has 106 valence electrons. The first-order valence-electron chi connectivity index (χ1n) is 7.16. The zero-order valence-electron chi connectivity index (χ0n) is 12.3. The standard InChI is InChI=1S/C14H23BO4/c1-12(2)13(3,4)19-15(18-12)11-6-5-7-14(10-11)16-8-9-17-14/h6H,5,7-10H2,1-4H3. The summed E-state index contributed by atoms with van der Waals surface area (Å²) in [7, 11) is -0.269. The Balaban J connectivity index is 1.75. The van der Waals surface area contributed by atoms with Crippen molar-refractivity contribution in [2.75, 3.05) is 13.2 Å². The van der Waals surface area contributed by atoms with Crippen LogP contribution in [0.5, 0.6) is 0 Å². The third-order valence-electron chi connectivity index (χ3n) is 4.77. The van der Waals surface area contributed by atoms with Crippen LogP contribution < -0.4 is 0 Å². The van der Waals surface area contributed by atoms with Crippen molar-refractivity contribution in [2.24, 2.45) is 0 Å². The number of allylic oxidation sites excluding steroid dienone is 1. The van der Waals surface area contributed by atoms with E-state index in [1.54, 1.807) is 0 Å². The summed E-state index contributed by atoms with van der Waals surface area (Å²) in [4.78, 5) is 0. The van der Waals surface area contributed by atoms with Gasteiger partial charge in [-0.15, -0.1) is 0 Å². The van der Waals surface area contributed by atoms with Gasteiger partial charge < -0.3 is 18.8 Å². The second-order valence-electron chi connectivity index (χ2n) is 6.69. The fraction of sp³-hybridized carbons (Fsp3) is 0.857. The molecule has 0 aromatic rings. The molecule has 3 aliphatic rings. The first-order chi connectivity index (χ1) is 8.84. The van der Waals surface area contributed by atoms with E-state index in [-0.39, 0.29) is 18.3 Å². The Labute approximate surface area is 115 Å². The van der Waals surface area contributed by atoms with Crippen LogP contribution in [0.4, 0.5) is 0 Å². The van der Waals surface area contributed by atoms with Gasteiger partial charge in [-0.1, -0.05) is 6.08 Å². The van der Waals surface area contributed by atoms with Crippen molar-refractivity contribution < 1.29 is 18.8 Å². The Bertz CT molecular complexity index is 380. The highest BCUT2D eigenvalue weighted by molar-refractivity contribution is 6.54. The highest BCUT2D eigenvalue weighted by Gasteiger charge is 2.54. The summed E-state index contributed by atoms with van der Waals surface area (Å²) >= 11 is 0. The van der Waals surface area contributed by atoms with Crippen molar-refractivity contribution in [1.29, 1.82) is 0 Å². The first-order valence-corrected chi connectivity index (χ1v) is 7.16. The minimum atomic E-state index is -0.423. The molecule has 0 unspecified atom stereocenters. The van der Waals surface area contributed by atoms with E-state index in [4.69, 9.17) is 18.8 Å². The number of rotatable bonds is 1. The number of ether oxygens (including phenoxy) is 2. The highest BCUT2D eigenvalue weighted by Crippen LogP contribution is 2.43. The van der Waals surface area contributed by atoms with Crippen LogP contribution in [-0.2, 0) is 18.8 Å². The zero-order valence-corrected chi connectivity index (χ0v) is 12.3. The van der Waals surface area contributed by atoms with E-state index in [0.717, 1.165) is 24.7 Å². The third-order valence-corrected chi connectivity index (χ3v) is 4.77. The number of hydrogen-bond donors (Lipinski definition) is 0. The van der Waals surface area contributed by atoms with Crippen LogP contribution in [0.3, 0.4) is 0 Å². The van der Waals surface area contributed by atoms with Crippen LogP contribution in [0, 0.1) is 0 Å². The fourth-order valence-electron chi connectivity index (χ4n) is 2.87. The van der Waals surface area contributed by atoms with Crippen molar-refractivity contribution in [2.45, 2.75) is 63.9 Å². The summed E-state index contributed by atoms with van der Waals surface area (Å²) in [6.45, 7) is 9.69. The molecule has 4 nitrogen and oxygen atoms in total. The molecule has 0 aromatic carbocycles. The van der Waals surface area contributed by atoms with Crippen molar-refractivity contribution in [3.05, 3.63) is 11.5 Å². The van der Waals surface area contributed by atoms with Gasteiger partial charge in [-0.25, -0.2) is 0 Å². The lowest BCUT2D eigenvalue weighted by Gasteiger charge is -2.32. The summed E-state index contributed by atoms with van der Waals surface area (Å²) in [5.74, 6) is -0.423. The normalized spacial score (nSPS) is 31.8. The highest BCUT2D eigenvalue weighted by atomic mass is 16.7. The van der Waals surface area contributed by atoms with Gasteiger partial charge in [0.1, 0.15) is 0 Å². The molecule has 19 heavy (non-hydrogen) atoms. The smallest absolute Gasteiger partial charge is 0.400 e. The van der Waals surface area contributed by atoms with Gasteiger partial charge in [0.15, 0.2) is 5.79 Å². The van der Waals surface area contributed by atoms with E-state index in [1.165, 1.54) is 0 Å². The minimum Gasteiger partial charge on any atom is -0.400 e. The maximum absolute atomic E-state index is 6.10. The van der Waals surface area contributed by atoms with E-state index in [9.17, 15) is 0 Å². The molecule has 0 saturated carbocycles. The molecular formula is C14H23BO4. The molecule has 0 atom stereocenters. The molecule has 2 aliphatic heterocycles. The molecule has 0 amide bonds. The average Bonchev–Trinajstić information content (AvgIpc) is 2.83. The molecule has 2 fully saturated rings. The minimum absolute atomic E-state index is 0.269. The van der Waals surface area contributed by atoms with Gasteiger partial charge in [0.05, 0.1) is 24.4 Å². The van der Waals surface area contributed by atoms with Gasteiger partial charge in [0.25, 0.3) is 0 Å². The van der Waals surface area contributed by atoms with E-state index in [1.807, 2.05) is 0 Å². The maximum atomic E-state index is 6.10. The predicted octanol–water partition coefficient (Wildman–Crippen LogP) is 2.47. The lowest BCUT2D eigenvalue weighted by molar-refractivity contribution is -0.162. The van der Waals surface area contributed by atoms with Gasteiger partial charge in [-0.2, -0.15) is 0 Å². The lowest BCUT2D eigenvalue weighted by atomic mass is 9.71. The summed E-state index contributed by atoms with van der Waals surface area (Å²) in [6, 6.07) is 0. The topological polar surface area (TPSA) is 36.9 Å². The van der Waals surface area contributed by atoms with Crippen LogP contribution in [0.25, 0.3) is 0 Å². The Morgan fingerprint density at radius 2 is 1.58 bits per heavy atom. The summed E-state index contributed by atoms with van der Waals surface area (Å²) in [5, 5.41) is 0. The van der Waals surface area contributed by atoms with Crippen LogP contribution >= 0.6 is 0 Å². The molecule has 1 aliphatic carbocycles. The second kappa shape index (κ2) is 4.32. The molecule has 3 rings (SSSR count). The van der Waals surface area contributed by atoms with E-state index < -0.39 is 5.79 Å². The SMILES string of the molecule is CC1(C)OB(C2=CCCC3(C2)OCCO3)OC1(C)C. The van der Waals surface area contributed by atoms with Crippen molar-refractivity contribution in [3.8, 4) is 0 Å². The molecule has 0 aromatic heterocycles. The summed E-state index contributed by atoms with van der Waals surface area (Å²) in [5.41, 5.74) is 0.577. The Morgan fingerprint density at radius 1 is 1.00 bits per heavy atom. The molecule has 0 N–H and O–H groups in total. The van der Waals surface area contributed by atoms with Crippen LogP contribution in [0.1, 0.15) is 47.0 Å². The molecule has 0 radical (unpaired) electrons. The van der Waals surface area contributed by atoms with Crippen molar-refractivity contribution >= 4 is 7.12 Å². The number of hydrogen-bond acceptors (Lipinski definition) is 4. The van der Waals surface area contributed by atoms with Gasteiger partial charge in [-0.3, -0.25) is 0 Å². The van der Waals surface area contributed by atoms with Gasteiger partial charge in [-0.05, 0) is 39.6 Å². The lowest BCUT2D eigenvalue weighted by Crippen LogP contribution is -2.41. The van der Waals surface area contributed by atoms with Gasteiger partial charge >= 0.3 is 7.12 Å². The van der Waals surface area contributed by atoms with Crippen LogP contribution in [-0.4, -0.2) is 37.3 Å². The van der Waals surface area contributed by atoms with E-state index in [2.05, 4.69) is 33.8 Å². The predicted molar refractivity (Wildman–Crippen MR) is 72.7 cm³/mol. The molecule has 0 bridgehead atoms. The van der Waals surface area contributed by atoms with E-state index >= 15 is 0 Å². The zero-order chi connectivity index (χ0) is 13.7. The summed E-state index contributed by atoms with van der Waals surface area (Å²) in [6.07, 6.45) is 4.86.